The maximum atomic E-state index is 5.25. The van der Waals surface area contributed by atoms with Crippen molar-refractivity contribution < 1.29 is 0 Å². The molecule has 1 aromatic rings. The van der Waals surface area contributed by atoms with Gasteiger partial charge < -0.3 is 9.55 Å². The molecule has 1 aliphatic rings. The van der Waals surface area contributed by atoms with Crippen molar-refractivity contribution in [2.24, 2.45) is 11.8 Å². The fourth-order valence-electron chi connectivity index (χ4n) is 2.75. The van der Waals surface area contributed by atoms with Crippen LogP contribution in [0.25, 0.3) is 0 Å². The predicted molar refractivity (Wildman–Crippen MR) is 60.8 cm³/mol. The van der Waals surface area contributed by atoms with E-state index in [1.807, 2.05) is 6.20 Å². The lowest BCUT2D eigenvalue weighted by Crippen LogP contribution is -2.22. The number of hydrogen-bond donors (Lipinski definition) is 1. The molecule has 0 aliphatic heterocycles. The maximum Gasteiger partial charge on any atom is 0.177 e. The fourth-order valence-corrected chi connectivity index (χ4v) is 3.03. The summed E-state index contributed by atoms with van der Waals surface area (Å²) in [6, 6.07) is 0.618. The normalized spacial score (nSPS) is 33.1. The molecule has 1 saturated carbocycles. The summed E-state index contributed by atoms with van der Waals surface area (Å²) in [5.74, 6) is 1.67. The first-order valence-electron chi connectivity index (χ1n) is 5.42. The van der Waals surface area contributed by atoms with Gasteiger partial charge in [0.05, 0.1) is 0 Å². The molecule has 1 N–H and O–H groups in total. The van der Waals surface area contributed by atoms with Crippen LogP contribution in [-0.2, 0) is 0 Å². The zero-order valence-corrected chi connectivity index (χ0v) is 9.68. The van der Waals surface area contributed by atoms with E-state index in [-0.39, 0.29) is 0 Å². The van der Waals surface area contributed by atoms with E-state index in [9.17, 15) is 0 Å². The monoisotopic (exact) mass is 210 g/mol. The van der Waals surface area contributed by atoms with Gasteiger partial charge in [-0.15, -0.1) is 0 Å². The average Bonchev–Trinajstić information content (AvgIpc) is 2.49. The Kier molecular flexibility index (Phi) is 2.77. The van der Waals surface area contributed by atoms with E-state index in [0.29, 0.717) is 6.04 Å². The SMILES string of the molecule is CC1CC(C)CC(n2cc[nH]c2=S)C1. The zero-order valence-electron chi connectivity index (χ0n) is 8.86. The van der Waals surface area contributed by atoms with Crippen molar-refractivity contribution in [3.63, 3.8) is 0 Å². The van der Waals surface area contributed by atoms with E-state index in [2.05, 4.69) is 29.6 Å². The van der Waals surface area contributed by atoms with Crippen LogP contribution in [-0.4, -0.2) is 9.55 Å². The number of hydrogen-bond acceptors (Lipinski definition) is 1. The number of aromatic nitrogens is 2. The Morgan fingerprint density at radius 3 is 2.43 bits per heavy atom. The quantitative estimate of drug-likeness (QED) is 0.703. The van der Waals surface area contributed by atoms with Crippen molar-refractivity contribution in [2.45, 2.75) is 39.2 Å². The Bertz CT molecular complexity index is 342. The molecular formula is C11H18N2S. The van der Waals surface area contributed by atoms with Crippen LogP contribution in [0.15, 0.2) is 12.4 Å². The van der Waals surface area contributed by atoms with Crippen molar-refractivity contribution in [2.75, 3.05) is 0 Å². The number of aromatic amines is 1. The minimum atomic E-state index is 0.618. The first-order valence-corrected chi connectivity index (χ1v) is 5.83. The van der Waals surface area contributed by atoms with E-state index in [1.165, 1.54) is 19.3 Å². The van der Waals surface area contributed by atoms with Crippen molar-refractivity contribution in [1.29, 1.82) is 0 Å². The fraction of sp³-hybridized carbons (Fsp3) is 0.727. The summed E-state index contributed by atoms with van der Waals surface area (Å²) in [6.45, 7) is 4.69. The van der Waals surface area contributed by atoms with Gasteiger partial charge in [0.25, 0.3) is 0 Å². The summed E-state index contributed by atoms with van der Waals surface area (Å²) in [6.07, 6.45) is 7.94. The molecule has 2 nitrogen and oxygen atoms in total. The predicted octanol–water partition coefficient (Wildman–Crippen LogP) is 3.54. The second-order valence-electron chi connectivity index (χ2n) is 4.74. The van der Waals surface area contributed by atoms with Gasteiger partial charge in [-0.25, -0.2) is 0 Å². The molecule has 2 unspecified atom stereocenters. The maximum absolute atomic E-state index is 5.25. The average molecular weight is 210 g/mol. The molecule has 3 heteroatoms. The van der Waals surface area contributed by atoms with Crippen LogP contribution >= 0.6 is 12.2 Å². The summed E-state index contributed by atoms with van der Waals surface area (Å²) in [5.41, 5.74) is 0. The number of nitrogens with one attached hydrogen (secondary N) is 1. The molecule has 78 valence electrons. The number of rotatable bonds is 1. The third-order valence-corrected chi connectivity index (χ3v) is 3.55. The van der Waals surface area contributed by atoms with Gasteiger partial charge >= 0.3 is 0 Å². The zero-order chi connectivity index (χ0) is 10.1. The van der Waals surface area contributed by atoms with Gasteiger partial charge in [-0.05, 0) is 43.3 Å². The van der Waals surface area contributed by atoms with Crippen LogP contribution in [0.2, 0.25) is 0 Å². The second kappa shape index (κ2) is 3.89. The Morgan fingerprint density at radius 1 is 1.29 bits per heavy atom. The van der Waals surface area contributed by atoms with Gasteiger partial charge in [-0.1, -0.05) is 13.8 Å². The first kappa shape index (κ1) is 9.97. The molecule has 0 saturated heterocycles. The Balaban J connectivity index is 2.19. The highest BCUT2D eigenvalue weighted by Crippen LogP contribution is 2.35. The van der Waals surface area contributed by atoms with Gasteiger partial charge in [0, 0.05) is 18.4 Å². The minimum Gasteiger partial charge on any atom is -0.337 e. The van der Waals surface area contributed by atoms with Gasteiger partial charge in [-0.2, -0.15) is 0 Å². The standard InChI is InChI=1S/C11H18N2S/c1-8-5-9(2)7-10(6-8)13-4-3-12-11(13)14/h3-4,8-10H,5-7H2,1-2H3,(H,12,14). The molecule has 0 bridgehead atoms. The molecule has 2 rings (SSSR count). The Morgan fingerprint density at radius 2 is 1.93 bits per heavy atom. The Hall–Kier alpha value is -0.570. The Labute approximate surface area is 90.3 Å². The van der Waals surface area contributed by atoms with E-state index in [0.717, 1.165) is 16.6 Å². The molecule has 0 radical (unpaired) electrons. The van der Waals surface area contributed by atoms with Gasteiger partial charge in [0.15, 0.2) is 4.77 Å². The van der Waals surface area contributed by atoms with Crippen LogP contribution in [0.5, 0.6) is 0 Å². The number of H-pyrrole nitrogens is 1. The molecule has 14 heavy (non-hydrogen) atoms. The third-order valence-electron chi connectivity index (χ3n) is 3.22. The molecular weight excluding hydrogens is 192 g/mol. The van der Waals surface area contributed by atoms with Crippen LogP contribution in [0.4, 0.5) is 0 Å². The second-order valence-corrected chi connectivity index (χ2v) is 5.13. The molecule has 1 aliphatic carbocycles. The van der Waals surface area contributed by atoms with Crippen molar-refractivity contribution in [1.82, 2.24) is 9.55 Å². The smallest absolute Gasteiger partial charge is 0.177 e. The summed E-state index contributed by atoms with van der Waals surface area (Å²) in [4.78, 5) is 3.07. The lowest BCUT2D eigenvalue weighted by molar-refractivity contribution is 0.220. The molecule has 0 amide bonds. The van der Waals surface area contributed by atoms with E-state index in [1.54, 1.807) is 0 Å². The number of imidazole rings is 1. The highest BCUT2D eigenvalue weighted by atomic mass is 32.1. The van der Waals surface area contributed by atoms with E-state index < -0.39 is 0 Å². The summed E-state index contributed by atoms with van der Waals surface area (Å²) in [7, 11) is 0. The molecule has 1 heterocycles. The lowest BCUT2D eigenvalue weighted by atomic mass is 9.80. The van der Waals surface area contributed by atoms with E-state index in [4.69, 9.17) is 12.2 Å². The van der Waals surface area contributed by atoms with Crippen LogP contribution < -0.4 is 0 Å². The molecule has 2 atom stereocenters. The van der Waals surface area contributed by atoms with Crippen molar-refractivity contribution >= 4 is 12.2 Å². The molecule has 1 fully saturated rings. The lowest BCUT2D eigenvalue weighted by Gasteiger charge is -2.32. The molecule has 0 aromatic carbocycles. The van der Waals surface area contributed by atoms with Gasteiger partial charge in [-0.3, -0.25) is 0 Å². The van der Waals surface area contributed by atoms with Gasteiger partial charge in [0.1, 0.15) is 0 Å². The van der Waals surface area contributed by atoms with Crippen LogP contribution in [0.1, 0.15) is 39.2 Å². The topological polar surface area (TPSA) is 20.7 Å². The summed E-state index contributed by atoms with van der Waals surface area (Å²) in [5, 5.41) is 0. The molecule has 1 aromatic heterocycles. The number of nitrogens with zero attached hydrogens (tertiary/aromatic N) is 1. The third kappa shape index (κ3) is 1.92. The highest BCUT2D eigenvalue weighted by molar-refractivity contribution is 7.71. The van der Waals surface area contributed by atoms with Crippen molar-refractivity contribution in [3.8, 4) is 0 Å². The van der Waals surface area contributed by atoms with Gasteiger partial charge in [0.2, 0.25) is 0 Å². The largest absolute Gasteiger partial charge is 0.337 e. The highest BCUT2D eigenvalue weighted by Gasteiger charge is 2.24. The van der Waals surface area contributed by atoms with Crippen molar-refractivity contribution in [3.05, 3.63) is 17.2 Å². The van der Waals surface area contributed by atoms with Crippen LogP contribution in [0.3, 0.4) is 0 Å². The summed E-state index contributed by atoms with van der Waals surface area (Å²) < 4.78 is 3.10. The summed E-state index contributed by atoms with van der Waals surface area (Å²) >= 11 is 5.25. The van der Waals surface area contributed by atoms with Crippen LogP contribution in [0, 0.1) is 16.6 Å². The molecule has 0 spiro atoms. The van der Waals surface area contributed by atoms with E-state index >= 15 is 0 Å². The first-order chi connectivity index (χ1) is 6.66. The minimum absolute atomic E-state index is 0.618.